The minimum atomic E-state index is -3.46. The molecule has 2 saturated heterocycles. The summed E-state index contributed by atoms with van der Waals surface area (Å²) in [4.78, 5) is 17.3. The van der Waals surface area contributed by atoms with Crippen molar-refractivity contribution in [1.29, 1.82) is 0 Å². The summed E-state index contributed by atoms with van der Waals surface area (Å²) in [5, 5.41) is 1.77. The third-order valence-corrected chi connectivity index (χ3v) is 8.67. The summed E-state index contributed by atoms with van der Waals surface area (Å²) in [6.45, 7) is 4.07. The molecular formula is C20H25N3O4S2. The third kappa shape index (κ3) is 4.39. The maximum absolute atomic E-state index is 13.4. The van der Waals surface area contributed by atoms with Crippen LogP contribution in [0.25, 0.3) is 0 Å². The van der Waals surface area contributed by atoms with Crippen LogP contribution in [-0.2, 0) is 19.6 Å². The minimum Gasteiger partial charge on any atom is -0.378 e. The van der Waals surface area contributed by atoms with Crippen molar-refractivity contribution in [2.45, 2.75) is 10.3 Å². The van der Waals surface area contributed by atoms with E-state index in [0.29, 0.717) is 56.7 Å². The molecular weight excluding hydrogens is 410 g/mol. The fourth-order valence-electron chi connectivity index (χ4n) is 3.84. The summed E-state index contributed by atoms with van der Waals surface area (Å²) < 4.78 is 32.9. The first-order valence-corrected chi connectivity index (χ1v) is 12.1. The second kappa shape index (κ2) is 8.93. The van der Waals surface area contributed by atoms with Crippen molar-refractivity contribution >= 4 is 27.3 Å². The van der Waals surface area contributed by atoms with Crippen molar-refractivity contribution in [3.63, 3.8) is 0 Å². The molecule has 9 heteroatoms. The van der Waals surface area contributed by atoms with Gasteiger partial charge in [-0.2, -0.15) is 4.31 Å². The van der Waals surface area contributed by atoms with Gasteiger partial charge in [-0.15, -0.1) is 11.3 Å². The molecule has 2 fully saturated rings. The number of morpholine rings is 1. The SMILES string of the molecule is O=C([C@H](c1ccccc1)N1CCN(S(=O)(=O)c2cccs2)CC1)N1CCOCC1. The van der Waals surface area contributed by atoms with Gasteiger partial charge < -0.3 is 9.64 Å². The second-order valence-electron chi connectivity index (χ2n) is 7.12. The van der Waals surface area contributed by atoms with Crippen LogP contribution in [-0.4, -0.2) is 80.9 Å². The van der Waals surface area contributed by atoms with Crippen LogP contribution in [0.2, 0.25) is 0 Å². The first-order chi connectivity index (χ1) is 14.1. The number of amides is 1. The Morgan fingerprint density at radius 1 is 0.931 bits per heavy atom. The van der Waals surface area contributed by atoms with Crippen molar-refractivity contribution in [3.05, 3.63) is 53.4 Å². The van der Waals surface area contributed by atoms with Gasteiger partial charge in [0.15, 0.2) is 0 Å². The normalized spacial score (nSPS) is 20.5. The summed E-state index contributed by atoms with van der Waals surface area (Å²) in [7, 11) is -3.46. The van der Waals surface area contributed by atoms with Crippen LogP contribution in [0.4, 0.5) is 0 Å². The lowest BCUT2D eigenvalue weighted by Crippen LogP contribution is -2.53. The summed E-state index contributed by atoms with van der Waals surface area (Å²) in [6.07, 6.45) is 0. The molecule has 0 unspecified atom stereocenters. The zero-order valence-corrected chi connectivity index (χ0v) is 17.8. The number of hydrogen-bond donors (Lipinski definition) is 0. The van der Waals surface area contributed by atoms with Gasteiger partial charge in [0.2, 0.25) is 5.91 Å². The van der Waals surface area contributed by atoms with Crippen LogP contribution >= 0.6 is 11.3 Å². The summed E-state index contributed by atoms with van der Waals surface area (Å²) >= 11 is 1.24. The van der Waals surface area contributed by atoms with Crippen LogP contribution in [0.1, 0.15) is 11.6 Å². The molecule has 0 N–H and O–H groups in total. The lowest BCUT2D eigenvalue weighted by Gasteiger charge is -2.40. The smallest absolute Gasteiger partial charge is 0.252 e. The number of rotatable bonds is 5. The number of carbonyl (C=O) groups is 1. The second-order valence-corrected chi connectivity index (χ2v) is 10.2. The fraction of sp³-hybridized carbons (Fsp3) is 0.450. The van der Waals surface area contributed by atoms with Crippen molar-refractivity contribution in [1.82, 2.24) is 14.1 Å². The third-order valence-electron chi connectivity index (χ3n) is 5.40. The number of benzene rings is 1. The molecule has 4 rings (SSSR count). The molecule has 0 saturated carbocycles. The van der Waals surface area contributed by atoms with Crippen LogP contribution in [0.15, 0.2) is 52.1 Å². The van der Waals surface area contributed by atoms with E-state index in [1.54, 1.807) is 17.5 Å². The predicted molar refractivity (Wildman–Crippen MR) is 111 cm³/mol. The molecule has 0 aliphatic carbocycles. The molecule has 1 aromatic heterocycles. The fourth-order valence-corrected chi connectivity index (χ4v) is 6.41. The molecule has 3 heterocycles. The molecule has 29 heavy (non-hydrogen) atoms. The molecule has 0 spiro atoms. The molecule has 0 radical (unpaired) electrons. The molecule has 156 valence electrons. The lowest BCUT2D eigenvalue weighted by molar-refractivity contribution is -0.142. The summed E-state index contributed by atoms with van der Waals surface area (Å²) in [5.74, 6) is 0.0639. The highest BCUT2D eigenvalue weighted by molar-refractivity contribution is 7.91. The van der Waals surface area contributed by atoms with E-state index >= 15 is 0 Å². The Labute approximate surface area is 175 Å². The van der Waals surface area contributed by atoms with Gasteiger partial charge in [0.25, 0.3) is 10.0 Å². The van der Waals surface area contributed by atoms with E-state index in [4.69, 9.17) is 4.74 Å². The monoisotopic (exact) mass is 435 g/mol. The molecule has 2 aliphatic rings. The zero-order valence-electron chi connectivity index (χ0n) is 16.1. The minimum absolute atomic E-state index is 0.0639. The topological polar surface area (TPSA) is 70.2 Å². The Hall–Kier alpha value is -1.78. The average Bonchev–Trinajstić information content (AvgIpc) is 3.32. The van der Waals surface area contributed by atoms with E-state index < -0.39 is 16.1 Å². The Morgan fingerprint density at radius 3 is 2.24 bits per heavy atom. The van der Waals surface area contributed by atoms with Crippen molar-refractivity contribution in [3.8, 4) is 0 Å². The summed E-state index contributed by atoms with van der Waals surface area (Å²) in [5.41, 5.74) is 0.943. The van der Waals surface area contributed by atoms with Gasteiger partial charge >= 0.3 is 0 Å². The molecule has 1 atom stereocenters. The summed E-state index contributed by atoms with van der Waals surface area (Å²) in [6, 6.07) is 12.7. The van der Waals surface area contributed by atoms with E-state index in [1.165, 1.54) is 15.6 Å². The first kappa shape index (κ1) is 20.5. The highest BCUT2D eigenvalue weighted by atomic mass is 32.2. The standard InChI is InChI=1S/C20H25N3O4S2/c24-20(22-12-14-27-15-13-22)19(17-5-2-1-3-6-17)21-8-10-23(11-9-21)29(25,26)18-7-4-16-28-18/h1-7,16,19H,8-15H2/t19-/m0/s1. The highest BCUT2D eigenvalue weighted by Crippen LogP contribution is 2.28. The van der Waals surface area contributed by atoms with Gasteiger partial charge in [-0.3, -0.25) is 9.69 Å². The number of piperazine rings is 1. The maximum atomic E-state index is 13.4. The quantitative estimate of drug-likeness (QED) is 0.714. The predicted octanol–water partition coefficient (Wildman–Crippen LogP) is 1.65. The largest absolute Gasteiger partial charge is 0.378 e. The Balaban J connectivity index is 1.51. The Kier molecular flexibility index (Phi) is 6.31. The van der Waals surface area contributed by atoms with Crippen LogP contribution < -0.4 is 0 Å². The molecule has 7 nitrogen and oxygen atoms in total. The van der Waals surface area contributed by atoms with Crippen molar-refractivity contribution in [2.24, 2.45) is 0 Å². The van der Waals surface area contributed by atoms with Crippen LogP contribution in [0.5, 0.6) is 0 Å². The molecule has 0 bridgehead atoms. The van der Waals surface area contributed by atoms with Crippen LogP contribution in [0, 0.1) is 0 Å². The molecule has 2 aliphatic heterocycles. The van der Waals surface area contributed by atoms with Gasteiger partial charge in [-0.25, -0.2) is 8.42 Å². The van der Waals surface area contributed by atoms with Crippen LogP contribution in [0.3, 0.4) is 0 Å². The van der Waals surface area contributed by atoms with Gasteiger partial charge in [0, 0.05) is 39.3 Å². The molecule has 2 aromatic rings. The number of nitrogens with zero attached hydrogens (tertiary/aromatic N) is 3. The zero-order chi connectivity index (χ0) is 20.3. The van der Waals surface area contributed by atoms with Gasteiger partial charge in [0.1, 0.15) is 10.3 Å². The number of sulfonamides is 1. The van der Waals surface area contributed by atoms with Gasteiger partial charge in [-0.1, -0.05) is 36.4 Å². The number of hydrogen-bond acceptors (Lipinski definition) is 6. The number of carbonyl (C=O) groups excluding carboxylic acids is 1. The van der Waals surface area contributed by atoms with Crippen molar-refractivity contribution < 1.29 is 17.9 Å². The molecule has 1 amide bonds. The molecule has 1 aromatic carbocycles. The Bertz CT molecular complexity index is 904. The van der Waals surface area contributed by atoms with Gasteiger partial charge in [0.05, 0.1) is 13.2 Å². The lowest BCUT2D eigenvalue weighted by atomic mass is 10.0. The highest BCUT2D eigenvalue weighted by Gasteiger charge is 2.36. The van der Waals surface area contributed by atoms with E-state index in [1.807, 2.05) is 35.2 Å². The number of thiophene rings is 1. The van der Waals surface area contributed by atoms with E-state index in [2.05, 4.69) is 4.90 Å². The number of ether oxygens (including phenoxy) is 1. The maximum Gasteiger partial charge on any atom is 0.252 e. The van der Waals surface area contributed by atoms with Gasteiger partial charge in [-0.05, 0) is 17.0 Å². The van der Waals surface area contributed by atoms with E-state index in [-0.39, 0.29) is 5.91 Å². The van der Waals surface area contributed by atoms with E-state index in [9.17, 15) is 13.2 Å². The Morgan fingerprint density at radius 2 is 1.62 bits per heavy atom. The van der Waals surface area contributed by atoms with E-state index in [0.717, 1.165) is 5.56 Å². The average molecular weight is 436 g/mol. The van der Waals surface area contributed by atoms with Crippen molar-refractivity contribution in [2.75, 3.05) is 52.5 Å². The first-order valence-electron chi connectivity index (χ1n) is 9.76.